The minimum atomic E-state index is -0.0241. The highest BCUT2D eigenvalue weighted by Gasteiger charge is 2.26. The van der Waals surface area contributed by atoms with Crippen molar-refractivity contribution in [3.05, 3.63) is 24.0 Å². The SMILES string of the molecule is CC1CCCNC1C(=O)NCc1cccn1C. The summed E-state index contributed by atoms with van der Waals surface area (Å²) in [6.45, 7) is 3.69. The summed E-state index contributed by atoms with van der Waals surface area (Å²) >= 11 is 0. The number of piperidine rings is 1. The van der Waals surface area contributed by atoms with Gasteiger partial charge in [0.2, 0.25) is 5.91 Å². The standard InChI is InChI=1S/C13H21N3O/c1-10-5-3-7-14-12(10)13(17)15-9-11-6-4-8-16(11)2/h4,6,8,10,12,14H,3,5,7,9H2,1-2H3,(H,15,17). The number of carbonyl (C=O) groups excluding carboxylic acids is 1. The molecule has 0 aliphatic carbocycles. The third-order valence-electron chi connectivity index (χ3n) is 3.55. The first-order valence-electron chi connectivity index (χ1n) is 6.30. The molecule has 0 saturated carbocycles. The maximum absolute atomic E-state index is 12.0. The zero-order chi connectivity index (χ0) is 12.3. The van der Waals surface area contributed by atoms with E-state index in [1.807, 2.05) is 29.9 Å². The summed E-state index contributed by atoms with van der Waals surface area (Å²) in [4.78, 5) is 12.0. The molecule has 2 unspecified atom stereocenters. The maximum atomic E-state index is 12.0. The zero-order valence-electron chi connectivity index (χ0n) is 10.6. The van der Waals surface area contributed by atoms with Crippen molar-refractivity contribution in [2.24, 2.45) is 13.0 Å². The Morgan fingerprint density at radius 2 is 2.47 bits per heavy atom. The molecule has 17 heavy (non-hydrogen) atoms. The molecule has 2 N–H and O–H groups in total. The van der Waals surface area contributed by atoms with Gasteiger partial charge >= 0.3 is 0 Å². The van der Waals surface area contributed by atoms with Gasteiger partial charge in [-0.15, -0.1) is 0 Å². The highest BCUT2D eigenvalue weighted by atomic mass is 16.2. The topological polar surface area (TPSA) is 46.1 Å². The maximum Gasteiger partial charge on any atom is 0.237 e. The molecule has 0 aromatic carbocycles. The molecule has 1 saturated heterocycles. The van der Waals surface area contributed by atoms with Crippen LogP contribution in [-0.4, -0.2) is 23.1 Å². The smallest absolute Gasteiger partial charge is 0.237 e. The summed E-state index contributed by atoms with van der Waals surface area (Å²) in [6, 6.07) is 3.99. The molecule has 0 spiro atoms. The van der Waals surface area contributed by atoms with Gasteiger partial charge in [-0.2, -0.15) is 0 Å². The normalized spacial score (nSPS) is 24.6. The molecule has 94 valence electrons. The van der Waals surface area contributed by atoms with E-state index in [2.05, 4.69) is 17.6 Å². The predicted octanol–water partition coefficient (Wildman–Crippen LogP) is 1.03. The summed E-state index contributed by atoms with van der Waals surface area (Å²) in [5.74, 6) is 0.551. The minimum absolute atomic E-state index is 0.0241. The zero-order valence-corrected chi connectivity index (χ0v) is 10.6. The van der Waals surface area contributed by atoms with E-state index >= 15 is 0 Å². The summed E-state index contributed by atoms with van der Waals surface area (Å²) in [6.07, 6.45) is 4.29. The van der Waals surface area contributed by atoms with Crippen LogP contribution in [0.4, 0.5) is 0 Å². The molecular weight excluding hydrogens is 214 g/mol. The van der Waals surface area contributed by atoms with Crippen LogP contribution < -0.4 is 10.6 Å². The largest absolute Gasteiger partial charge is 0.353 e. The van der Waals surface area contributed by atoms with Gasteiger partial charge in [-0.05, 0) is 37.4 Å². The Balaban J connectivity index is 1.86. The number of hydrogen-bond donors (Lipinski definition) is 2. The highest BCUT2D eigenvalue weighted by Crippen LogP contribution is 2.15. The van der Waals surface area contributed by atoms with Gasteiger partial charge in [-0.3, -0.25) is 4.79 Å². The van der Waals surface area contributed by atoms with Crippen LogP contribution in [-0.2, 0) is 18.4 Å². The monoisotopic (exact) mass is 235 g/mol. The number of hydrogen-bond acceptors (Lipinski definition) is 2. The lowest BCUT2D eigenvalue weighted by Crippen LogP contribution is -2.50. The minimum Gasteiger partial charge on any atom is -0.353 e. The van der Waals surface area contributed by atoms with Crippen molar-refractivity contribution in [2.45, 2.75) is 32.4 Å². The van der Waals surface area contributed by atoms with E-state index in [0.29, 0.717) is 12.5 Å². The van der Waals surface area contributed by atoms with Crippen molar-refractivity contribution in [1.29, 1.82) is 0 Å². The first-order chi connectivity index (χ1) is 8.18. The Morgan fingerprint density at radius 1 is 1.65 bits per heavy atom. The summed E-state index contributed by atoms with van der Waals surface area (Å²) in [5.41, 5.74) is 1.13. The second-order valence-electron chi connectivity index (χ2n) is 4.88. The summed E-state index contributed by atoms with van der Waals surface area (Å²) < 4.78 is 2.03. The van der Waals surface area contributed by atoms with Crippen LogP contribution in [0.25, 0.3) is 0 Å². The number of carbonyl (C=O) groups is 1. The predicted molar refractivity (Wildman–Crippen MR) is 67.4 cm³/mol. The van der Waals surface area contributed by atoms with Crippen LogP contribution in [0.5, 0.6) is 0 Å². The van der Waals surface area contributed by atoms with Gasteiger partial charge in [0, 0.05) is 18.9 Å². The average molecular weight is 235 g/mol. The van der Waals surface area contributed by atoms with E-state index in [1.54, 1.807) is 0 Å². The number of amides is 1. The molecule has 0 bridgehead atoms. The molecule has 1 aliphatic heterocycles. The Kier molecular flexibility index (Phi) is 3.84. The van der Waals surface area contributed by atoms with Crippen LogP contribution in [0.15, 0.2) is 18.3 Å². The number of nitrogens with zero attached hydrogens (tertiary/aromatic N) is 1. The summed E-state index contributed by atoms with van der Waals surface area (Å²) in [5, 5.41) is 6.30. The first-order valence-corrected chi connectivity index (χ1v) is 6.30. The van der Waals surface area contributed by atoms with E-state index in [1.165, 1.54) is 6.42 Å². The van der Waals surface area contributed by atoms with Crippen molar-refractivity contribution < 1.29 is 4.79 Å². The fourth-order valence-electron chi connectivity index (χ4n) is 2.37. The fraction of sp³-hybridized carbons (Fsp3) is 0.615. The Bertz CT molecular complexity index is 386. The van der Waals surface area contributed by atoms with Crippen LogP contribution >= 0.6 is 0 Å². The average Bonchev–Trinajstić information content (AvgIpc) is 2.72. The van der Waals surface area contributed by atoms with E-state index in [9.17, 15) is 4.79 Å². The van der Waals surface area contributed by atoms with Gasteiger partial charge in [0.15, 0.2) is 0 Å². The van der Waals surface area contributed by atoms with Crippen molar-refractivity contribution >= 4 is 5.91 Å². The van der Waals surface area contributed by atoms with Gasteiger partial charge in [0.05, 0.1) is 12.6 Å². The van der Waals surface area contributed by atoms with Crippen molar-refractivity contribution in [1.82, 2.24) is 15.2 Å². The molecule has 1 fully saturated rings. The van der Waals surface area contributed by atoms with E-state index in [0.717, 1.165) is 18.7 Å². The molecule has 2 atom stereocenters. The van der Waals surface area contributed by atoms with Crippen molar-refractivity contribution in [2.75, 3.05) is 6.54 Å². The molecule has 4 heteroatoms. The third kappa shape index (κ3) is 2.88. The lowest BCUT2D eigenvalue weighted by Gasteiger charge is -2.28. The van der Waals surface area contributed by atoms with Gasteiger partial charge in [-0.1, -0.05) is 6.92 Å². The van der Waals surface area contributed by atoms with Crippen LogP contribution in [0.2, 0.25) is 0 Å². The molecule has 4 nitrogen and oxygen atoms in total. The molecule has 1 aromatic heterocycles. The second-order valence-corrected chi connectivity index (χ2v) is 4.88. The lowest BCUT2D eigenvalue weighted by atomic mass is 9.92. The van der Waals surface area contributed by atoms with Gasteiger partial charge < -0.3 is 15.2 Å². The number of aryl methyl sites for hydroxylation is 1. The van der Waals surface area contributed by atoms with E-state index in [4.69, 9.17) is 0 Å². The Morgan fingerprint density at radius 3 is 3.12 bits per heavy atom. The van der Waals surface area contributed by atoms with Crippen LogP contribution in [0.3, 0.4) is 0 Å². The van der Waals surface area contributed by atoms with Crippen LogP contribution in [0, 0.1) is 5.92 Å². The molecular formula is C13H21N3O. The van der Waals surface area contributed by atoms with Gasteiger partial charge in [0.25, 0.3) is 0 Å². The van der Waals surface area contributed by atoms with E-state index in [-0.39, 0.29) is 11.9 Å². The van der Waals surface area contributed by atoms with Crippen molar-refractivity contribution in [3.63, 3.8) is 0 Å². The third-order valence-corrected chi connectivity index (χ3v) is 3.55. The molecule has 1 aromatic rings. The molecule has 2 rings (SSSR count). The summed E-state index contributed by atoms with van der Waals surface area (Å²) in [7, 11) is 1.99. The number of nitrogens with one attached hydrogen (secondary N) is 2. The Labute approximate surface area is 102 Å². The van der Waals surface area contributed by atoms with Gasteiger partial charge in [0.1, 0.15) is 0 Å². The lowest BCUT2D eigenvalue weighted by molar-refractivity contribution is -0.125. The van der Waals surface area contributed by atoms with E-state index < -0.39 is 0 Å². The fourth-order valence-corrected chi connectivity index (χ4v) is 2.37. The Hall–Kier alpha value is -1.29. The number of aromatic nitrogens is 1. The molecule has 1 aliphatic rings. The second kappa shape index (κ2) is 5.36. The molecule has 2 heterocycles. The molecule has 1 amide bonds. The molecule has 0 radical (unpaired) electrons. The van der Waals surface area contributed by atoms with Crippen LogP contribution in [0.1, 0.15) is 25.5 Å². The number of rotatable bonds is 3. The van der Waals surface area contributed by atoms with Gasteiger partial charge in [-0.25, -0.2) is 0 Å². The highest BCUT2D eigenvalue weighted by molar-refractivity contribution is 5.82. The first kappa shape index (κ1) is 12.2. The van der Waals surface area contributed by atoms with Crippen molar-refractivity contribution in [3.8, 4) is 0 Å². The quantitative estimate of drug-likeness (QED) is 0.822.